The molecule has 0 amide bonds. The van der Waals surface area contributed by atoms with Crippen LogP contribution in [0.25, 0.3) is 0 Å². The van der Waals surface area contributed by atoms with E-state index < -0.39 is 5.54 Å². The summed E-state index contributed by atoms with van der Waals surface area (Å²) in [6.45, 7) is 2.22. The molecule has 1 fully saturated rings. The molecule has 0 aromatic rings. The van der Waals surface area contributed by atoms with E-state index in [4.69, 9.17) is 11.5 Å². The molecule has 5 N–H and O–H groups in total. The third-order valence-corrected chi connectivity index (χ3v) is 3.55. The highest BCUT2D eigenvalue weighted by Crippen LogP contribution is 2.41. The van der Waals surface area contributed by atoms with Gasteiger partial charge in [-0.3, -0.25) is 0 Å². The zero-order valence-electron chi connectivity index (χ0n) is 9.45. The van der Waals surface area contributed by atoms with Gasteiger partial charge in [0, 0.05) is 0 Å². The zero-order chi connectivity index (χ0) is 11.8. The first kappa shape index (κ1) is 10.8. The largest absolute Gasteiger partial charge is 0.384 e. The van der Waals surface area contributed by atoms with Crippen molar-refractivity contribution < 1.29 is 0 Å². The predicted octanol–water partition coefficient (Wildman–Crippen LogP) is 0.547. The molecule has 0 aromatic heterocycles. The fourth-order valence-corrected chi connectivity index (χ4v) is 2.53. The molecule has 16 heavy (non-hydrogen) atoms. The van der Waals surface area contributed by atoms with Gasteiger partial charge in [0.05, 0.1) is 5.57 Å². The molecule has 1 aliphatic heterocycles. The Kier molecular flexibility index (Phi) is 2.50. The molecule has 0 unspecified atom stereocenters. The van der Waals surface area contributed by atoms with Crippen LogP contribution < -0.4 is 16.8 Å². The van der Waals surface area contributed by atoms with E-state index in [1.165, 1.54) is 0 Å². The van der Waals surface area contributed by atoms with Crippen molar-refractivity contribution in [3.63, 3.8) is 0 Å². The van der Waals surface area contributed by atoms with E-state index in [0.717, 1.165) is 25.7 Å². The zero-order valence-corrected chi connectivity index (χ0v) is 9.45. The van der Waals surface area contributed by atoms with Gasteiger partial charge < -0.3 is 16.8 Å². The number of nitrogens with one attached hydrogen (secondary N) is 1. The molecule has 1 spiro atoms. The van der Waals surface area contributed by atoms with E-state index >= 15 is 0 Å². The van der Waals surface area contributed by atoms with Crippen molar-refractivity contribution in [1.82, 2.24) is 5.32 Å². The lowest BCUT2D eigenvalue weighted by molar-refractivity contribution is 0.280. The minimum atomic E-state index is -0.458. The van der Waals surface area contributed by atoms with Gasteiger partial charge in [0.2, 0.25) is 0 Å². The molecule has 1 aliphatic carbocycles. The average Bonchev–Trinajstić information content (AvgIpc) is 2.22. The van der Waals surface area contributed by atoms with Crippen LogP contribution in [0.3, 0.4) is 0 Å². The van der Waals surface area contributed by atoms with Crippen LogP contribution in [0.5, 0.6) is 0 Å². The van der Waals surface area contributed by atoms with Crippen LogP contribution in [0.1, 0.15) is 32.6 Å². The number of nitrogens with two attached hydrogens (primary N) is 2. The first-order valence-electron chi connectivity index (χ1n) is 5.60. The Labute approximate surface area is 95.2 Å². The summed E-state index contributed by atoms with van der Waals surface area (Å²) < 4.78 is 0. The van der Waals surface area contributed by atoms with Gasteiger partial charge in [0.15, 0.2) is 5.96 Å². The quantitative estimate of drug-likeness (QED) is 0.553. The van der Waals surface area contributed by atoms with Gasteiger partial charge in [-0.1, -0.05) is 6.92 Å². The van der Waals surface area contributed by atoms with Gasteiger partial charge in [0.25, 0.3) is 0 Å². The Morgan fingerprint density at radius 1 is 1.44 bits per heavy atom. The third-order valence-electron chi connectivity index (χ3n) is 3.55. The smallest absolute Gasteiger partial charge is 0.195 e. The van der Waals surface area contributed by atoms with E-state index in [0.29, 0.717) is 23.3 Å². The van der Waals surface area contributed by atoms with Crippen LogP contribution in [0, 0.1) is 17.2 Å². The maximum absolute atomic E-state index is 9.19. The van der Waals surface area contributed by atoms with Crippen LogP contribution in [0.2, 0.25) is 0 Å². The summed E-state index contributed by atoms with van der Waals surface area (Å²) in [6.07, 6.45) is 3.85. The minimum Gasteiger partial charge on any atom is -0.384 e. The summed E-state index contributed by atoms with van der Waals surface area (Å²) in [6, 6.07) is 2.18. The van der Waals surface area contributed by atoms with Crippen molar-refractivity contribution in [3.05, 3.63) is 11.4 Å². The first-order valence-corrected chi connectivity index (χ1v) is 5.60. The topological polar surface area (TPSA) is 100 Å². The minimum absolute atomic E-state index is 0.325. The summed E-state index contributed by atoms with van der Waals surface area (Å²) in [7, 11) is 0. The Morgan fingerprint density at radius 2 is 2.06 bits per heavy atom. The third kappa shape index (κ3) is 1.60. The monoisotopic (exact) mass is 219 g/mol. The van der Waals surface area contributed by atoms with Crippen molar-refractivity contribution in [1.29, 1.82) is 5.26 Å². The van der Waals surface area contributed by atoms with E-state index in [1.54, 1.807) is 0 Å². The summed E-state index contributed by atoms with van der Waals surface area (Å²) in [5.74, 6) is 1.38. The molecular formula is C11H17N5. The Hall–Kier alpha value is -1.70. The fraction of sp³-hybridized carbons (Fsp3) is 0.636. The number of hydrogen-bond acceptors (Lipinski definition) is 5. The van der Waals surface area contributed by atoms with Gasteiger partial charge in [-0.2, -0.15) is 5.26 Å². The van der Waals surface area contributed by atoms with E-state index in [1.807, 2.05) is 0 Å². The standard InChI is InChI=1S/C11H17N5/c1-7-2-4-11(5-3-7)8(6-12)9(13)15-10(14)16-11/h7H,2-5,13H2,1H3,(H3,14,15,16). The van der Waals surface area contributed by atoms with Crippen LogP contribution >= 0.6 is 0 Å². The van der Waals surface area contributed by atoms with E-state index in [9.17, 15) is 5.26 Å². The van der Waals surface area contributed by atoms with Gasteiger partial charge >= 0.3 is 0 Å². The van der Waals surface area contributed by atoms with Gasteiger partial charge in [-0.15, -0.1) is 0 Å². The van der Waals surface area contributed by atoms with Crippen LogP contribution in [0.15, 0.2) is 16.4 Å². The summed E-state index contributed by atoms with van der Waals surface area (Å²) >= 11 is 0. The normalized spacial score (nSPS) is 34.2. The molecule has 0 aromatic carbocycles. The van der Waals surface area contributed by atoms with Gasteiger partial charge in [-0.25, -0.2) is 4.99 Å². The highest BCUT2D eigenvalue weighted by atomic mass is 15.2. The second-order valence-corrected chi connectivity index (χ2v) is 4.74. The van der Waals surface area contributed by atoms with E-state index in [-0.39, 0.29) is 0 Å². The predicted molar refractivity (Wildman–Crippen MR) is 61.9 cm³/mol. The molecule has 0 bridgehead atoms. The van der Waals surface area contributed by atoms with Crippen molar-refractivity contribution in [2.75, 3.05) is 0 Å². The molecule has 5 nitrogen and oxygen atoms in total. The first-order chi connectivity index (χ1) is 7.57. The molecule has 5 heteroatoms. The maximum Gasteiger partial charge on any atom is 0.195 e. The number of nitrogens with zero attached hydrogens (tertiary/aromatic N) is 2. The molecule has 0 radical (unpaired) electrons. The highest BCUT2D eigenvalue weighted by molar-refractivity contribution is 5.82. The maximum atomic E-state index is 9.19. The molecular weight excluding hydrogens is 202 g/mol. The molecule has 1 heterocycles. The van der Waals surface area contributed by atoms with Crippen molar-refractivity contribution in [2.24, 2.45) is 22.4 Å². The van der Waals surface area contributed by atoms with Crippen LogP contribution in [-0.4, -0.2) is 11.5 Å². The van der Waals surface area contributed by atoms with Gasteiger partial charge in [-0.05, 0) is 31.6 Å². The van der Waals surface area contributed by atoms with E-state index in [2.05, 4.69) is 23.3 Å². The molecule has 2 rings (SSSR count). The Balaban J connectivity index is 2.37. The molecule has 2 aliphatic rings. The Bertz CT molecular complexity index is 393. The van der Waals surface area contributed by atoms with Crippen molar-refractivity contribution in [2.45, 2.75) is 38.1 Å². The number of hydrogen-bond donors (Lipinski definition) is 3. The summed E-state index contributed by atoms with van der Waals surface area (Å²) in [4.78, 5) is 4.43. The van der Waals surface area contributed by atoms with Crippen LogP contribution in [-0.2, 0) is 0 Å². The highest BCUT2D eigenvalue weighted by Gasteiger charge is 2.41. The second-order valence-electron chi connectivity index (χ2n) is 4.74. The van der Waals surface area contributed by atoms with Crippen molar-refractivity contribution in [3.8, 4) is 6.07 Å². The number of rotatable bonds is 0. The lowest BCUT2D eigenvalue weighted by Crippen LogP contribution is -2.48. The lowest BCUT2D eigenvalue weighted by atomic mass is 9.73. The molecule has 86 valence electrons. The fourth-order valence-electron chi connectivity index (χ4n) is 2.53. The summed E-state index contributed by atoms with van der Waals surface area (Å²) in [5, 5.41) is 11.9. The molecule has 0 saturated heterocycles. The van der Waals surface area contributed by atoms with Crippen molar-refractivity contribution >= 4 is 5.96 Å². The Morgan fingerprint density at radius 3 is 2.62 bits per heavy atom. The number of nitriles is 1. The van der Waals surface area contributed by atoms with Gasteiger partial charge in [0.1, 0.15) is 17.4 Å². The number of guanidine groups is 1. The number of aliphatic imine (C=N–C) groups is 1. The lowest BCUT2D eigenvalue weighted by Gasteiger charge is -2.38. The van der Waals surface area contributed by atoms with Crippen LogP contribution in [0.4, 0.5) is 0 Å². The summed E-state index contributed by atoms with van der Waals surface area (Å²) in [5.41, 5.74) is 11.6. The SMILES string of the molecule is CC1CCC2(CC1)N=C(N)NC(N)=C2C#N. The second kappa shape index (κ2) is 3.71. The average molecular weight is 219 g/mol. The molecule has 0 atom stereocenters. The molecule has 1 saturated carbocycles.